The number of nitrogens with one attached hydrogen (secondary N) is 2. The van der Waals surface area contributed by atoms with Crippen molar-refractivity contribution in [2.24, 2.45) is 0 Å². The summed E-state index contributed by atoms with van der Waals surface area (Å²) in [5.74, 6) is 0. The summed E-state index contributed by atoms with van der Waals surface area (Å²) in [6, 6.07) is 19.2. The highest BCUT2D eigenvalue weighted by Gasteiger charge is 2.11. The van der Waals surface area contributed by atoms with E-state index >= 15 is 0 Å². The minimum absolute atomic E-state index is 0.336. The molecule has 0 aliphatic carbocycles. The average molecular weight is 449 g/mol. The Labute approximate surface area is 201 Å². The fourth-order valence-electron chi connectivity index (χ4n) is 4.22. The standard InChI is InChI=1S/C30H32N4/c1-5-21(16-25(6-2)33-20(3)4)22-12-13-29(31)24(15-22)17-26-18-28-27(10-7-11-30(28)34-26)23-9-8-14-32-19-23/h5-16,18-20,33-34H,2,17,31H2,1,3-4H3/b21-5+,25-16+. The van der Waals surface area contributed by atoms with Gasteiger partial charge in [0, 0.05) is 58.4 Å². The summed E-state index contributed by atoms with van der Waals surface area (Å²) in [7, 11) is 0. The van der Waals surface area contributed by atoms with Gasteiger partial charge in [0.2, 0.25) is 0 Å². The zero-order valence-electron chi connectivity index (χ0n) is 20.1. The number of fused-ring (bicyclic) bond motifs is 1. The molecule has 2 aromatic heterocycles. The van der Waals surface area contributed by atoms with E-state index in [-0.39, 0.29) is 0 Å². The van der Waals surface area contributed by atoms with Gasteiger partial charge in [-0.3, -0.25) is 4.98 Å². The smallest absolute Gasteiger partial charge is 0.0462 e. The van der Waals surface area contributed by atoms with Crippen molar-refractivity contribution in [1.29, 1.82) is 0 Å². The Morgan fingerprint density at radius 3 is 2.71 bits per heavy atom. The van der Waals surface area contributed by atoms with Crippen LogP contribution in [-0.2, 0) is 6.42 Å². The first-order valence-corrected chi connectivity index (χ1v) is 11.6. The topological polar surface area (TPSA) is 66.7 Å². The molecule has 4 rings (SSSR count). The summed E-state index contributed by atoms with van der Waals surface area (Å²) >= 11 is 0. The van der Waals surface area contributed by atoms with Crippen molar-refractivity contribution in [3.05, 3.63) is 114 Å². The van der Waals surface area contributed by atoms with E-state index in [1.54, 1.807) is 6.20 Å². The van der Waals surface area contributed by atoms with Gasteiger partial charge >= 0.3 is 0 Å². The summed E-state index contributed by atoms with van der Waals surface area (Å²) < 4.78 is 0. The van der Waals surface area contributed by atoms with E-state index in [4.69, 9.17) is 5.73 Å². The van der Waals surface area contributed by atoms with Crippen LogP contribution in [-0.4, -0.2) is 16.0 Å². The lowest BCUT2D eigenvalue weighted by Gasteiger charge is -2.13. The molecule has 2 heterocycles. The number of aromatic nitrogens is 2. The van der Waals surface area contributed by atoms with E-state index in [1.807, 2.05) is 24.4 Å². The van der Waals surface area contributed by atoms with Gasteiger partial charge in [-0.05, 0) is 85.5 Å². The summed E-state index contributed by atoms with van der Waals surface area (Å²) in [6.45, 7) is 10.2. The van der Waals surface area contributed by atoms with Crippen LogP contribution in [0.1, 0.15) is 37.6 Å². The van der Waals surface area contributed by atoms with E-state index < -0.39 is 0 Å². The number of allylic oxidation sites excluding steroid dienone is 4. The number of hydrogen-bond acceptors (Lipinski definition) is 3. The molecule has 0 fully saturated rings. The Morgan fingerprint density at radius 1 is 1.15 bits per heavy atom. The lowest BCUT2D eigenvalue weighted by Crippen LogP contribution is -2.20. The molecule has 4 heteroatoms. The van der Waals surface area contributed by atoms with Crippen LogP contribution in [0.5, 0.6) is 0 Å². The first-order chi connectivity index (χ1) is 16.5. The van der Waals surface area contributed by atoms with Crippen molar-refractivity contribution in [2.75, 3.05) is 5.73 Å². The highest BCUT2D eigenvalue weighted by molar-refractivity contribution is 5.95. The summed E-state index contributed by atoms with van der Waals surface area (Å²) in [4.78, 5) is 7.86. The van der Waals surface area contributed by atoms with Crippen molar-refractivity contribution in [2.45, 2.75) is 33.2 Å². The minimum atomic E-state index is 0.336. The van der Waals surface area contributed by atoms with Crippen molar-refractivity contribution in [1.82, 2.24) is 15.3 Å². The van der Waals surface area contributed by atoms with Gasteiger partial charge in [-0.25, -0.2) is 0 Å². The maximum Gasteiger partial charge on any atom is 0.0462 e. The molecule has 34 heavy (non-hydrogen) atoms. The first kappa shape index (κ1) is 23.1. The molecular formula is C30H32N4. The number of rotatable bonds is 8. The van der Waals surface area contributed by atoms with E-state index in [0.717, 1.165) is 51.3 Å². The SMILES string of the molecule is C=C/C(=C\C(=C/C)c1ccc(N)c(Cc2cc3c(-c4cccnc4)cccc3[nH]2)c1)NC(C)C. The van der Waals surface area contributed by atoms with E-state index in [2.05, 4.69) is 97.3 Å². The molecule has 4 N–H and O–H groups in total. The summed E-state index contributed by atoms with van der Waals surface area (Å²) in [5, 5.41) is 4.62. The molecule has 0 amide bonds. The third-order valence-corrected chi connectivity index (χ3v) is 5.85. The third-order valence-electron chi connectivity index (χ3n) is 5.85. The Morgan fingerprint density at radius 2 is 2.00 bits per heavy atom. The van der Waals surface area contributed by atoms with E-state index in [0.29, 0.717) is 6.04 Å². The van der Waals surface area contributed by atoms with Gasteiger partial charge in [-0.2, -0.15) is 0 Å². The van der Waals surface area contributed by atoms with Crippen LogP contribution in [0.15, 0.2) is 97.5 Å². The molecule has 172 valence electrons. The fourth-order valence-corrected chi connectivity index (χ4v) is 4.22. The lowest BCUT2D eigenvalue weighted by atomic mass is 9.98. The molecule has 0 aliphatic rings. The monoisotopic (exact) mass is 448 g/mol. The van der Waals surface area contributed by atoms with Gasteiger partial charge in [-0.15, -0.1) is 0 Å². The Bertz CT molecular complexity index is 1360. The fraction of sp³-hybridized carbons (Fsp3) is 0.167. The van der Waals surface area contributed by atoms with E-state index in [9.17, 15) is 0 Å². The number of pyridine rings is 1. The largest absolute Gasteiger partial charge is 0.398 e. The number of aromatic amines is 1. The Balaban J connectivity index is 1.67. The summed E-state index contributed by atoms with van der Waals surface area (Å²) in [6.07, 6.45) is 10.5. The number of hydrogen-bond donors (Lipinski definition) is 3. The highest BCUT2D eigenvalue weighted by atomic mass is 14.9. The number of nitrogens with two attached hydrogens (primary N) is 1. The molecule has 0 radical (unpaired) electrons. The van der Waals surface area contributed by atoms with Crippen LogP contribution in [0, 0.1) is 0 Å². The minimum Gasteiger partial charge on any atom is -0.398 e. The second kappa shape index (κ2) is 10.3. The molecule has 0 atom stereocenters. The van der Waals surface area contributed by atoms with E-state index in [1.165, 1.54) is 10.9 Å². The zero-order chi connectivity index (χ0) is 24.1. The molecule has 4 nitrogen and oxygen atoms in total. The molecule has 0 bridgehead atoms. The van der Waals surface area contributed by atoms with Gasteiger partial charge in [0.05, 0.1) is 0 Å². The van der Waals surface area contributed by atoms with Gasteiger partial charge in [0.15, 0.2) is 0 Å². The average Bonchev–Trinajstić information content (AvgIpc) is 3.26. The number of anilines is 1. The predicted molar refractivity (Wildman–Crippen MR) is 145 cm³/mol. The number of nitrogens with zero attached hydrogens (tertiary/aromatic N) is 1. The molecule has 0 spiro atoms. The molecular weight excluding hydrogens is 416 g/mol. The van der Waals surface area contributed by atoms with Crippen LogP contribution >= 0.6 is 0 Å². The predicted octanol–water partition coefficient (Wildman–Crippen LogP) is 6.87. The molecule has 0 saturated carbocycles. The van der Waals surface area contributed by atoms with Gasteiger partial charge in [-0.1, -0.05) is 36.9 Å². The maximum atomic E-state index is 6.40. The number of H-pyrrole nitrogens is 1. The van der Waals surface area contributed by atoms with Crippen molar-refractivity contribution < 1.29 is 0 Å². The molecule has 0 aliphatic heterocycles. The molecule has 4 aromatic rings. The van der Waals surface area contributed by atoms with Crippen LogP contribution < -0.4 is 11.1 Å². The lowest BCUT2D eigenvalue weighted by molar-refractivity contribution is 0.682. The number of nitrogen functional groups attached to an aromatic ring is 1. The van der Waals surface area contributed by atoms with Gasteiger partial charge < -0.3 is 16.0 Å². The second-order valence-corrected chi connectivity index (χ2v) is 8.74. The van der Waals surface area contributed by atoms with Crippen LogP contribution in [0.4, 0.5) is 5.69 Å². The third kappa shape index (κ3) is 5.12. The quantitative estimate of drug-likeness (QED) is 0.203. The summed E-state index contributed by atoms with van der Waals surface area (Å²) in [5.41, 5.74) is 16.1. The van der Waals surface area contributed by atoms with Crippen molar-refractivity contribution in [3.63, 3.8) is 0 Å². The zero-order valence-corrected chi connectivity index (χ0v) is 20.1. The normalized spacial score (nSPS) is 12.4. The van der Waals surface area contributed by atoms with Crippen LogP contribution in [0.2, 0.25) is 0 Å². The Hall–Kier alpha value is -4.05. The number of benzene rings is 2. The first-order valence-electron chi connectivity index (χ1n) is 11.6. The van der Waals surface area contributed by atoms with Gasteiger partial charge in [0.25, 0.3) is 0 Å². The molecule has 0 unspecified atom stereocenters. The second-order valence-electron chi connectivity index (χ2n) is 8.74. The Kier molecular flexibility index (Phi) is 6.98. The maximum absolute atomic E-state index is 6.40. The van der Waals surface area contributed by atoms with Gasteiger partial charge in [0.1, 0.15) is 0 Å². The molecule has 2 aromatic carbocycles. The van der Waals surface area contributed by atoms with Crippen LogP contribution in [0.25, 0.3) is 27.6 Å². The van der Waals surface area contributed by atoms with Crippen LogP contribution in [0.3, 0.4) is 0 Å². The molecule has 0 saturated heterocycles. The van der Waals surface area contributed by atoms with Crippen molar-refractivity contribution in [3.8, 4) is 11.1 Å². The van der Waals surface area contributed by atoms with Crippen molar-refractivity contribution >= 4 is 22.2 Å². The highest BCUT2D eigenvalue weighted by Crippen LogP contribution is 2.30.